The highest BCUT2D eigenvalue weighted by molar-refractivity contribution is 7.91. The number of nitrogens with zero attached hydrogens (tertiary/aromatic N) is 1. The molecule has 0 N–H and O–H groups in total. The van der Waals surface area contributed by atoms with Crippen molar-refractivity contribution in [2.75, 3.05) is 26.4 Å². The van der Waals surface area contributed by atoms with Gasteiger partial charge in [0.05, 0.1) is 10.6 Å². The third kappa shape index (κ3) is 4.44. The third-order valence-corrected chi connectivity index (χ3v) is 4.54. The van der Waals surface area contributed by atoms with Crippen LogP contribution in [0.4, 0.5) is 0 Å². The van der Waals surface area contributed by atoms with Crippen molar-refractivity contribution in [2.24, 2.45) is 5.92 Å². The van der Waals surface area contributed by atoms with E-state index in [0.29, 0.717) is 12.1 Å². The molecule has 19 heavy (non-hydrogen) atoms. The van der Waals surface area contributed by atoms with Crippen molar-refractivity contribution in [2.45, 2.75) is 18.7 Å². The predicted molar refractivity (Wildman–Crippen MR) is 76.2 cm³/mol. The Balaban J connectivity index is 2.90. The normalized spacial score (nSPS) is 12.1. The smallest absolute Gasteiger partial charge is 0.179 e. The Morgan fingerprint density at radius 2 is 1.68 bits per heavy atom. The van der Waals surface area contributed by atoms with Crippen LogP contribution in [0, 0.1) is 5.92 Å². The van der Waals surface area contributed by atoms with E-state index in [1.165, 1.54) is 12.1 Å². The molecule has 0 aliphatic heterocycles. The van der Waals surface area contributed by atoms with E-state index in [1.807, 2.05) is 32.8 Å². The lowest BCUT2D eigenvalue weighted by atomic mass is 10.0. The maximum Gasteiger partial charge on any atom is 0.179 e. The van der Waals surface area contributed by atoms with Crippen molar-refractivity contribution in [3.05, 3.63) is 29.8 Å². The summed E-state index contributed by atoms with van der Waals surface area (Å²) in [5, 5.41) is 0. The van der Waals surface area contributed by atoms with E-state index in [4.69, 9.17) is 0 Å². The molecule has 1 aromatic rings. The zero-order valence-corrected chi connectivity index (χ0v) is 12.7. The molecule has 5 heteroatoms. The van der Waals surface area contributed by atoms with Crippen molar-refractivity contribution in [3.8, 4) is 0 Å². The van der Waals surface area contributed by atoms with E-state index in [2.05, 4.69) is 0 Å². The van der Waals surface area contributed by atoms with Crippen LogP contribution >= 0.6 is 0 Å². The van der Waals surface area contributed by atoms with Crippen molar-refractivity contribution >= 4 is 15.6 Å². The molecule has 1 rings (SSSR count). The van der Waals surface area contributed by atoms with E-state index in [1.54, 1.807) is 12.1 Å². The summed E-state index contributed by atoms with van der Waals surface area (Å²) >= 11 is 0. The Labute approximate surface area is 115 Å². The van der Waals surface area contributed by atoms with Crippen LogP contribution in [0.1, 0.15) is 24.2 Å². The number of ketones is 1. The maximum absolute atomic E-state index is 12.0. The summed E-state index contributed by atoms with van der Waals surface area (Å²) in [4.78, 5) is 13.9. The first-order chi connectivity index (χ1) is 8.74. The molecule has 0 saturated heterocycles. The van der Waals surface area contributed by atoms with Crippen LogP contribution in [0.5, 0.6) is 0 Å². The van der Waals surface area contributed by atoms with Gasteiger partial charge in [0.25, 0.3) is 0 Å². The number of carbonyl (C=O) groups excluding carboxylic acids is 1. The first-order valence-electron chi connectivity index (χ1n) is 6.26. The molecular formula is C14H21NO3S. The Kier molecular flexibility index (Phi) is 5.26. The van der Waals surface area contributed by atoms with Gasteiger partial charge in [0, 0.05) is 18.0 Å². The van der Waals surface area contributed by atoms with E-state index in [9.17, 15) is 13.2 Å². The molecule has 0 heterocycles. The van der Waals surface area contributed by atoms with Gasteiger partial charge < -0.3 is 4.90 Å². The first kappa shape index (κ1) is 15.9. The van der Waals surface area contributed by atoms with Gasteiger partial charge in [-0.05, 0) is 26.2 Å². The fraction of sp³-hybridized carbons (Fsp3) is 0.500. The summed E-state index contributed by atoms with van der Waals surface area (Å²) in [6.07, 6.45) is 0. The minimum Gasteiger partial charge on any atom is -0.308 e. The fourth-order valence-corrected chi connectivity index (χ4v) is 2.97. The standard InChI is InChI=1S/C14H21NO3S/c1-11(2)14(16)12-5-7-13(8-6-12)19(17,18)10-9-15(3)4/h5-8,11H,9-10H2,1-4H3. The van der Waals surface area contributed by atoms with Gasteiger partial charge in [-0.15, -0.1) is 0 Å². The number of hydrogen-bond donors (Lipinski definition) is 0. The summed E-state index contributed by atoms with van der Waals surface area (Å²) in [5.41, 5.74) is 0.557. The number of sulfone groups is 1. The number of rotatable bonds is 6. The van der Waals surface area contributed by atoms with Crippen LogP contribution in [-0.4, -0.2) is 45.5 Å². The van der Waals surface area contributed by atoms with Crippen LogP contribution in [0.25, 0.3) is 0 Å². The topological polar surface area (TPSA) is 54.5 Å². The Morgan fingerprint density at radius 3 is 2.11 bits per heavy atom. The van der Waals surface area contributed by atoms with Gasteiger partial charge in [0.2, 0.25) is 0 Å². The van der Waals surface area contributed by atoms with Crippen LogP contribution in [-0.2, 0) is 9.84 Å². The van der Waals surface area contributed by atoms with Gasteiger partial charge in [0.15, 0.2) is 15.6 Å². The lowest BCUT2D eigenvalue weighted by Crippen LogP contribution is -2.22. The molecule has 0 spiro atoms. The highest BCUT2D eigenvalue weighted by Crippen LogP contribution is 2.15. The average Bonchev–Trinajstić information content (AvgIpc) is 2.35. The van der Waals surface area contributed by atoms with Gasteiger partial charge in [-0.1, -0.05) is 26.0 Å². The molecule has 0 amide bonds. The second-order valence-corrected chi connectivity index (χ2v) is 7.27. The van der Waals surface area contributed by atoms with Gasteiger partial charge in [-0.25, -0.2) is 8.42 Å². The highest BCUT2D eigenvalue weighted by Gasteiger charge is 2.16. The number of hydrogen-bond acceptors (Lipinski definition) is 4. The second-order valence-electron chi connectivity index (χ2n) is 5.17. The summed E-state index contributed by atoms with van der Waals surface area (Å²) in [6, 6.07) is 6.21. The molecule has 0 bridgehead atoms. The minimum absolute atomic E-state index is 0.0252. The molecular weight excluding hydrogens is 262 g/mol. The molecule has 0 fully saturated rings. The largest absolute Gasteiger partial charge is 0.308 e. The lowest BCUT2D eigenvalue weighted by molar-refractivity contribution is 0.0939. The minimum atomic E-state index is -3.27. The van der Waals surface area contributed by atoms with Crippen molar-refractivity contribution in [1.82, 2.24) is 4.90 Å². The van der Waals surface area contributed by atoms with Crippen molar-refractivity contribution in [1.29, 1.82) is 0 Å². The second kappa shape index (κ2) is 6.30. The van der Waals surface area contributed by atoms with Gasteiger partial charge in [-0.2, -0.15) is 0 Å². The van der Waals surface area contributed by atoms with Gasteiger partial charge in [-0.3, -0.25) is 4.79 Å². The van der Waals surface area contributed by atoms with Crippen LogP contribution in [0.3, 0.4) is 0 Å². The summed E-state index contributed by atoms with van der Waals surface area (Å²) in [5.74, 6) is 0.0192. The van der Waals surface area contributed by atoms with Gasteiger partial charge >= 0.3 is 0 Å². The molecule has 0 unspecified atom stereocenters. The molecule has 0 radical (unpaired) electrons. The molecule has 4 nitrogen and oxygen atoms in total. The van der Waals surface area contributed by atoms with E-state index < -0.39 is 9.84 Å². The SMILES string of the molecule is CC(C)C(=O)c1ccc(S(=O)(=O)CCN(C)C)cc1. The summed E-state index contributed by atoms with van der Waals surface area (Å²) in [7, 11) is 0.395. The average molecular weight is 283 g/mol. The molecule has 106 valence electrons. The van der Waals surface area contributed by atoms with Crippen LogP contribution in [0.15, 0.2) is 29.2 Å². The monoisotopic (exact) mass is 283 g/mol. The van der Waals surface area contributed by atoms with E-state index in [0.717, 1.165) is 0 Å². The summed E-state index contributed by atoms with van der Waals surface area (Å²) < 4.78 is 24.1. The Morgan fingerprint density at radius 1 is 1.16 bits per heavy atom. The Hall–Kier alpha value is -1.20. The zero-order chi connectivity index (χ0) is 14.6. The molecule has 0 aromatic heterocycles. The van der Waals surface area contributed by atoms with Crippen molar-refractivity contribution < 1.29 is 13.2 Å². The number of carbonyl (C=O) groups is 1. The van der Waals surface area contributed by atoms with E-state index in [-0.39, 0.29) is 22.3 Å². The molecule has 0 saturated carbocycles. The lowest BCUT2D eigenvalue weighted by Gasteiger charge is -2.10. The molecule has 0 aliphatic carbocycles. The van der Waals surface area contributed by atoms with Gasteiger partial charge in [0.1, 0.15) is 0 Å². The van der Waals surface area contributed by atoms with Crippen LogP contribution < -0.4 is 0 Å². The molecule has 0 aliphatic rings. The molecule has 1 aromatic carbocycles. The summed E-state index contributed by atoms with van der Waals surface area (Å²) in [6.45, 7) is 4.13. The first-order valence-corrected chi connectivity index (χ1v) is 7.91. The quantitative estimate of drug-likeness (QED) is 0.748. The third-order valence-electron chi connectivity index (χ3n) is 2.83. The fourth-order valence-electron chi connectivity index (χ4n) is 1.58. The predicted octanol–water partition coefficient (Wildman–Crippen LogP) is 1.86. The molecule has 0 atom stereocenters. The van der Waals surface area contributed by atoms with E-state index >= 15 is 0 Å². The van der Waals surface area contributed by atoms with Crippen molar-refractivity contribution in [3.63, 3.8) is 0 Å². The van der Waals surface area contributed by atoms with Crippen LogP contribution in [0.2, 0.25) is 0 Å². The maximum atomic E-state index is 12.0. The number of Topliss-reactive ketones (excluding diaryl/α,β-unsaturated/α-hetero) is 1. The zero-order valence-electron chi connectivity index (χ0n) is 11.9. The highest BCUT2D eigenvalue weighted by atomic mass is 32.2. The Bertz CT molecular complexity index is 530. The number of benzene rings is 1.